The summed E-state index contributed by atoms with van der Waals surface area (Å²) in [7, 11) is 0. The maximum absolute atomic E-state index is 13.6. The van der Waals surface area contributed by atoms with Gasteiger partial charge in [-0.1, -0.05) is 0 Å². The maximum atomic E-state index is 13.6. The highest BCUT2D eigenvalue weighted by molar-refractivity contribution is 5.98. The molecule has 2 heterocycles. The number of aromatic nitrogens is 1. The van der Waals surface area contributed by atoms with Crippen LogP contribution in [0.15, 0.2) is 60.8 Å². The normalized spacial score (nSPS) is 15.3. The molecule has 0 radical (unpaired) electrons. The summed E-state index contributed by atoms with van der Waals surface area (Å²) in [5.74, 6) is 1.29. The van der Waals surface area contributed by atoms with Crippen LogP contribution in [0.3, 0.4) is 0 Å². The number of nitrogens with two attached hydrogens (primary N) is 1. The van der Waals surface area contributed by atoms with Crippen LogP contribution in [0.1, 0.15) is 18.4 Å². The second-order valence-corrected chi connectivity index (χ2v) is 9.46. The molecule has 5 rings (SSSR count). The number of primary amides is 1. The van der Waals surface area contributed by atoms with E-state index in [4.69, 9.17) is 15.2 Å². The van der Waals surface area contributed by atoms with Gasteiger partial charge >= 0.3 is 12.2 Å². The number of ether oxygens (including phenoxy) is 2. The molecule has 3 aromatic rings. The predicted octanol–water partition coefficient (Wildman–Crippen LogP) is 5.06. The van der Waals surface area contributed by atoms with E-state index in [1.54, 1.807) is 24.3 Å². The summed E-state index contributed by atoms with van der Waals surface area (Å²) in [4.78, 5) is 29.5. The molecule has 1 aliphatic heterocycles. The molecular formula is C27H26F3N5O4. The molecule has 3 amide bonds. The molecular weight excluding hydrogens is 515 g/mol. The van der Waals surface area contributed by atoms with Crippen LogP contribution in [-0.2, 0) is 11.0 Å². The lowest BCUT2D eigenvalue weighted by Crippen LogP contribution is -2.45. The number of nitrogens with zero attached hydrogens (tertiary/aromatic N) is 2. The largest absolute Gasteiger partial charge is 0.493 e. The number of carbonyl (C=O) groups excluding carboxylic acids is 2. The Morgan fingerprint density at radius 3 is 2.36 bits per heavy atom. The van der Waals surface area contributed by atoms with Crippen molar-refractivity contribution in [2.24, 2.45) is 17.6 Å². The quantitative estimate of drug-likeness (QED) is 0.349. The van der Waals surface area contributed by atoms with Crippen LogP contribution in [-0.4, -0.2) is 36.6 Å². The molecule has 1 saturated heterocycles. The van der Waals surface area contributed by atoms with Crippen molar-refractivity contribution < 1.29 is 32.2 Å². The Morgan fingerprint density at radius 1 is 1.00 bits per heavy atom. The summed E-state index contributed by atoms with van der Waals surface area (Å²) < 4.78 is 52.4. The fraction of sp³-hybridized carbons (Fsp3) is 0.296. The molecule has 4 N–H and O–H groups in total. The molecule has 12 heteroatoms. The molecule has 0 unspecified atom stereocenters. The van der Waals surface area contributed by atoms with Gasteiger partial charge in [-0.05, 0) is 55.3 Å². The number of amides is 3. The molecule has 1 saturated carbocycles. The van der Waals surface area contributed by atoms with Gasteiger partial charge in [-0.15, -0.1) is 0 Å². The van der Waals surface area contributed by atoms with Gasteiger partial charge in [-0.25, -0.2) is 9.78 Å². The van der Waals surface area contributed by atoms with E-state index in [2.05, 4.69) is 15.6 Å². The maximum Gasteiger partial charge on any atom is 0.416 e. The van der Waals surface area contributed by atoms with E-state index >= 15 is 0 Å². The van der Waals surface area contributed by atoms with Gasteiger partial charge < -0.3 is 25.8 Å². The fourth-order valence-electron chi connectivity index (χ4n) is 3.96. The monoisotopic (exact) mass is 541 g/mol. The summed E-state index contributed by atoms with van der Waals surface area (Å²) in [6, 6.07) is 11.4. The Kier molecular flexibility index (Phi) is 7.29. The van der Waals surface area contributed by atoms with Crippen LogP contribution in [0.25, 0.3) is 0 Å². The van der Waals surface area contributed by atoms with Crippen molar-refractivity contribution in [2.75, 3.05) is 29.9 Å². The zero-order valence-corrected chi connectivity index (χ0v) is 20.7. The first-order valence-electron chi connectivity index (χ1n) is 12.4. The van der Waals surface area contributed by atoms with Gasteiger partial charge in [0.2, 0.25) is 5.91 Å². The van der Waals surface area contributed by atoms with E-state index in [-0.39, 0.29) is 41.5 Å². The molecule has 204 valence electrons. The zero-order chi connectivity index (χ0) is 27.6. The summed E-state index contributed by atoms with van der Waals surface area (Å²) >= 11 is 0. The summed E-state index contributed by atoms with van der Waals surface area (Å²) in [6.07, 6.45) is -1.43. The van der Waals surface area contributed by atoms with Crippen LogP contribution in [0.4, 0.5) is 35.2 Å². The van der Waals surface area contributed by atoms with Crippen molar-refractivity contribution in [3.8, 4) is 17.2 Å². The number of urea groups is 1. The minimum atomic E-state index is -4.66. The topological polar surface area (TPSA) is 119 Å². The zero-order valence-electron chi connectivity index (χ0n) is 20.7. The van der Waals surface area contributed by atoms with Crippen molar-refractivity contribution in [3.05, 3.63) is 66.4 Å². The van der Waals surface area contributed by atoms with Gasteiger partial charge in [-0.3, -0.25) is 9.69 Å². The highest BCUT2D eigenvalue weighted by atomic mass is 19.4. The van der Waals surface area contributed by atoms with Gasteiger partial charge in [0.25, 0.3) is 0 Å². The number of alkyl halides is 3. The highest BCUT2D eigenvalue weighted by Crippen LogP contribution is 2.38. The molecule has 1 aromatic heterocycles. The number of pyridine rings is 1. The minimum absolute atomic E-state index is 0.0137. The van der Waals surface area contributed by atoms with Gasteiger partial charge in [0.1, 0.15) is 23.1 Å². The van der Waals surface area contributed by atoms with Crippen LogP contribution in [0.5, 0.6) is 17.2 Å². The number of halogens is 3. The van der Waals surface area contributed by atoms with Gasteiger partial charge in [0.15, 0.2) is 0 Å². The third-order valence-corrected chi connectivity index (χ3v) is 6.31. The van der Waals surface area contributed by atoms with Crippen molar-refractivity contribution in [2.45, 2.75) is 19.0 Å². The fourth-order valence-corrected chi connectivity index (χ4v) is 3.96. The van der Waals surface area contributed by atoms with E-state index < -0.39 is 17.8 Å². The predicted molar refractivity (Wildman–Crippen MR) is 137 cm³/mol. The Labute approximate surface area is 222 Å². The lowest BCUT2D eigenvalue weighted by atomic mass is 10.1. The van der Waals surface area contributed by atoms with Crippen molar-refractivity contribution in [3.63, 3.8) is 0 Å². The standard InChI is InChI=1S/C27H26F3N5O4/c28-27(29,30)18-9-20(11-23(10-18)38-15-16-13-32-14-16)35(26(31)37)19-3-5-21(6-4-19)39-22-7-8-33-24(12-22)34-25(36)17-1-2-17/h3-12,16-17,32H,1-2,13-15H2,(H2,31,37)(H,33,34,36). The van der Waals surface area contributed by atoms with Crippen LogP contribution in [0.2, 0.25) is 0 Å². The highest BCUT2D eigenvalue weighted by Gasteiger charge is 2.33. The number of hydrogen-bond acceptors (Lipinski definition) is 6. The average molecular weight is 542 g/mol. The van der Waals surface area contributed by atoms with Crippen LogP contribution >= 0.6 is 0 Å². The van der Waals surface area contributed by atoms with Gasteiger partial charge in [0, 0.05) is 43.3 Å². The summed E-state index contributed by atoms with van der Waals surface area (Å²) in [5, 5.41) is 5.82. The van der Waals surface area contributed by atoms with E-state index in [0.29, 0.717) is 17.3 Å². The van der Waals surface area contributed by atoms with Crippen LogP contribution < -0.4 is 30.7 Å². The second kappa shape index (κ2) is 10.8. The summed E-state index contributed by atoms with van der Waals surface area (Å²) in [6.45, 7) is 1.70. The second-order valence-electron chi connectivity index (χ2n) is 9.46. The number of carbonyl (C=O) groups is 2. The van der Waals surface area contributed by atoms with Crippen molar-refractivity contribution >= 4 is 29.1 Å². The molecule has 39 heavy (non-hydrogen) atoms. The number of anilines is 3. The lowest BCUT2D eigenvalue weighted by Gasteiger charge is -2.27. The molecule has 0 atom stereocenters. The Balaban J connectivity index is 1.35. The Morgan fingerprint density at radius 2 is 1.74 bits per heavy atom. The van der Waals surface area contributed by atoms with E-state index in [9.17, 15) is 22.8 Å². The van der Waals surface area contributed by atoms with Crippen molar-refractivity contribution in [1.82, 2.24) is 10.3 Å². The molecule has 2 fully saturated rings. The first-order chi connectivity index (χ1) is 18.7. The number of benzene rings is 2. The van der Waals surface area contributed by atoms with E-state index in [1.165, 1.54) is 24.4 Å². The molecule has 2 aliphatic rings. The van der Waals surface area contributed by atoms with Crippen LogP contribution in [0, 0.1) is 11.8 Å². The molecule has 1 aliphatic carbocycles. The molecule has 0 spiro atoms. The summed E-state index contributed by atoms with van der Waals surface area (Å²) in [5.41, 5.74) is 4.77. The third kappa shape index (κ3) is 6.58. The molecule has 2 aromatic carbocycles. The van der Waals surface area contributed by atoms with E-state index in [0.717, 1.165) is 43.0 Å². The molecule has 0 bridgehead atoms. The Bertz CT molecular complexity index is 1360. The first-order valence-corrected chi connectivity index (χ1v) is 12.4. The van der Waals surface area contributed by atoms with Gasteiger partial charge in [-0.2, -0.15) is 13.2 Å². The molecule has 9 nitrogen and oxygen atoms in total. The van der Waals surface area contributed by atoms with Crippen molar-refractivity contribution in [1.29, 1.82) is 0 Å². The van der Waals surface area contributed by atoms with Gasteiger partial charge in [0.05, 0.1) is 23.5 Å². The number of hydrogen-bond donors (Lipinski definition) is 3. The minimum Gasteiger partial charge on any atom is -0.493 e. The number of nitrogens with one attached hydrogen (secondary N) is 2. The Hall–Kier alpha value is -4.32. The number of rotatable bonds is 9. The third-order valence-electron chi connectivity index (χ3n) is 6.31. The first kappa shape index (κ1) is 26.3. The SMILES string of the molecule is NC(=O)N(c1ccc(Oc2ccnc(NC(=O)C3CC3)c2)cc1)c1cc(OCC2CNC2)cc(C(F)(F)F)c1. The average Bonchev–Trinajstić information content (AvgIpc) is 3.70. The lowest BCUT2D eigenvalue weighted by molar-refractivity contribution is -0.137. The van der Waals surface area contributed by atoms with E-state index in [1.807, 2.05) is 0 Å². The smallest absolute Gasteiger partial charge is 0.416 e.